The van der Waals surface area contributed by atoms with Gasteiger partial charge in [0.1, 0.15) is 0 Å². The van der Waals surface area contributed by atoms with Gasteiger partial charge in [-0.1, -0.05) is 29.8 Å². The Morgan fingerprint density at radius 2 is 1.71 bits per heavy atom. The number of likely N-dealkylation sites (tertiary alicyclic amines) is 2. The molecule has 2 aromatic carbocycles. The minimum absolute atomic E-state index is 0.0205. The molecule has 4 aliphatic rings. The van der Waals surface area contributed by atoms with Gasteiger partial charge in [-0.15, -0.1) is 0 Å². The largest absolute Gasteiger partial charge is 0.338 e. The number of nitrogens with zero attached hydrogens (tertiary/aromatic N) is 2. The van der Waals surface area contributed by atoms with E-state index in [2.05, 4.69) is 34.4 Å². The number of hydrogen-bond acceptors (Lipinski definition) is 4. The van der Waals surface area contributed by atoms with E-state index in [0.717, 1.165) is 61.7 Å². The molecule has 2 atom stereocenters. The van der Waals surface area contributed by atoms with Crippen LogP contribution in [-0.4, -0.2) is 61.9 Å². The molecule has 0 bridgehead atoms. The van der Waals surface area contributed by atoms with Crippen LogP contribution in [0.2, 0.25) is 0 Å². The number of amides is 1. The Labute approximate surface area is 202 Å². The first-order valence-corrected chi connectivity index (χ1v) is 14.2. The zero-order valence-corrected chi connectivity index (χ0v) is 21.2. The van der Waals surface area contributed by atoms with Crippen molar-refractivity contribution in [2.24, 2.45) is 10.8 Å². The summed E-state index contributed by atoms with van der Waals surface area (Å²) in [5.74, 6) is 0.203. The van der Waals surface area contributed by atoms with Gasteiger partial charge in [0.05, 0.1) is 10.3 Å². The van der Waals surface area contributed by atoms with Crippen LogP contribution in [-0.2, 0) is 14.8 Å². The third kappa shape index (κ3) is 3.34. The SMILES string of the molecule is Cc1ccc2cc(S(=O)(=O)NC3C[C@@]34C(=O)N(C3CCN(C(C)C)CC3)CC43CC3)ccc2c1. The maximum Gasteiger partial charge on any atom is 0.240 e. The molecule has 0 aromatic heterocycles. The van der Waals surface area contributed by atoms with Crippen LogP contribution in [0.15, 0.2) is 41.3 Å². The summed E-state index contributed by atoms with van der Waals surface area (Å²) in [6.07, 6.45) is 4.74. The van der Waals surface area contributed by atoms with E-state index < -0.39 is 15.4 Å². The fraction of sp³-hybridized carbons (Fsp3) is 0.593. The summed E-state index contributed by atoms with van der Waals surface area (Å²) >= 11 is 0. The van der Waals surface area contributed by atoms with Crippen LogP contribution >= 0.6 is 0 Å². The normalized spacial score (nSPS) is 29.1. The molecule has 2 saturated heterocycles. The van der Waals surface area contributed by atoms with Crippen LogP contribution in [0, 0.1) is 17.8 Å². The Morgan fingerprint density at radius 1 is 1.03 bits per heavy atom. The molecule has 2 saturated carbocycles. The van der Waals surface area contributed by atoms with Crippen LogP contribution in [0.5, 0.6) is 0 Å². The predicted molar refractivity (Wildman–Crippen MR) is 133 cm³/mol. The van der Waals surface area contributed by atoms with Crippen molar-refractivity contribution in [3.05, 3.63) is 42.0 Å². The Bertz CT molecular complexity index is 1260. The van der Waals surface area contributed by atoms with Crippen molar-refractivity contribution in [1.82, 2.24) is 14.5 Å². The standard InChI is InChI=1S/C27H35N3O3S/c1-18(2)29-12-8-22(9-13-29)30-17-26(10-11-26)27(25(30)31)16-24(27)28-34(32,33)23-7-6-20-14-19(3)4-5-21(20)15-23/h4-7,14-15,18,22,24,28H,8-13,16-17H2,1-3H3/t24?,27-/m0/s1. The smallest absolute Gasteiger partial charge is 0.240 e. The first kappa shape index (κ1) is 22.5. The average molecular weight is 482 g/mol. The van der Waals surface area contributed by atoms with E-state index in [1.165, 1.54) is 0 Å². The maximum atomic E-state index is 13.8. The quantitative estimate of drug-likeness (QED) is 0.707. The lowest BCUT2D eigenvalue weighted by Crippen LogP contribution is -2.48. The minimum Gasteiger partial charge on any atom is -0.338 e. The molecule has 182 valence electrons. The van der Waals surface area contributed by atoms with E-state index in [-0.39, 0.29) is 22.3 Å². The number of nitrogens with one attached hydrogen (secondary N) is 1. The number of carbonyl (C=O) groups excluding carboxylic acids is 1. The summed E-state index contributed by atoms with van der Waals surface area (Å²) in [5.41, 5.74) is 0.603. The molecule has 2 aromatic rings. The second-order valence-electron chi connectivity index (χ2n) is 11.4. The number of hydrogen-bond donors (Lipinski definition) is 1. The summed E-state index contributed by atoms with van der Waals surface area (Å²) in [6, 6.07) is 11.8. The highest BCUT2D eigenvalue weighted by Crippen LogP contribution is 2.74. The molecular weight excluding hydrogens is 446 g/mol. The zero-order chi connectivity index (χ0) is 23.9. The number of piperidine rings is 1. The van der Waals surface area contributed by atoms with E-state index in [1.54, 1.807) is 12.1 Å². The second-order valence-corrected chi connectivity index (χ2v) is 13.2. The van der Waals surface area contributed by atoms with E-state index in [1.807, 2.05) is 25.1 Å². The van der Waals surface area contributed by atoms with Crippen molar-refractivity contribution in [3.8, 4) is 0 Å². The van der Waals surface area contributed by atoms with Crippen LogP contribution in [0.3, 0.4) is 0 Å². The molecule has 2 aliphatic carbocycles. The monoisotopic (exact) mass is 481 g/mol. The van der Waals surface area contributed by atoms with E-state index in [9.17, 15) is 13.2 Å². The molecule has 2 spiro atoms. The number of sulfonamides is 1. The molecule has 1 amide bonds. The minimum atomic E-state index is -3.69. The Balaban J connectivity index is 1.20. The molecule has 2 heterocycles. The summed E-state index contributed by atoms with van der Waals surface area (Å²) < 4.78 is 29.6. The van der Waals surface area contributed by atoms with Crippen molar-refractivity contribution in [2.75, 3.05) is 19.6 Å². The van der Waals surface area contributed by atoms with Gasteiger partial charge in [-0.05, 0) is 75.8 Å². The van der Waals surface area contributed by atoms with Gasteiger partial charge in [0.25, 0.3) is 0 Å². The number of carbonyl (C=O) groups is 1. The Hall–Kier alpha value is -1.96. The second kappa shape index (κ2) is 7.52. The van der Waals surface area contributed by atoms with Gasteiger partial charge >= 0.3 is 0 Å². The molecule has 0 radical (unpaired) electrons. The summed E-state index contributed by atoms with van der Waals surface area (Å²) in [4.78, 5) is 18.7. The molecule has 1 unspecified atom stereocenters. The van der Waals surface area contributed by atoms with Crippen LogP contribution in [0.1, 0.15) is 51.5 Å². The van der Waals surface area contributed by atoms with Gasteiger partial charge in [-0.25, -0.2) is 13.1 Å². The van der Waals surface area contributed by atoms with E-state index >= 15 is 0 Å². The maximum absolute atomic E-state index is 13.8. The summed E-state index contributed by atoms with van der Waals surface area (Å²) in [7, 11) is -3.69. The summed E-state index contributed by atoms with van der Waals surface area (Å²) in [6.45, 7) is 9.36. The summed E-state index contributed by atoms with van der Waals surface area (Å²) in [5, 5.41) is 1.94. The van der Waals surface area contributed by atoms with Crippen molar-refractivity contribution >= 4 is 26.7 Å². The lowest BCUT2D eigenvalue weighted by Gasteiger charge is -2.38. The molecule has 6 rings (SSSR count). The topological polar surface area (TPSA) is 69.7 Å². The van der Waals surface area contributed by atoms with Crippen LogP contribution in [0.25, 0.3) is 10.8 Å². The van der Waals surface area contributed by atoms with Crippen molar-refractivity contribution in [2.45, 2.75) is 75.9 Å². The number of rotatable bonds is 5. The Morgan fingerprint density at radius 3 is 2.38 bits per heavy atom. The van der Waals surface area contributed by atoms with Gasteiger partial charge in [0.2, 0.25) is 15.9 Å². The number of fused-ring (bicyclic) bond motifs is 2. The predicted octanol–water partition coefficient (Wildman–Crippen LogP) is 3.68. The van der Waals surface area contributed by atoms with Crippen LogP contribution < -0.4 is 4.72 Å². The third-order valence-electron chi connectivity index (χ3n) is 9.12. The molecule has 34 heavy (non-hydrogen) atoms. The lowest BCUT2D eigenvalue weighted by atomic mass is 9.88. The zero-order valence-electron chi connectivity index (χ0n) is 20.4. The Kier molecular flexibility index (Phi) is 4.98. The number of aryl methyl sites for hydroxylation is 1. The van der Waals surface area contributed by atoms with Crippen molar-refractivity contribution < 1.29 is 13.2 Å². The number of benzene rings is 2. The third-order valence-corrected chi connectivity index (χ3v) is 10.6. The van der Waals surface area contributed by atoms with Gasteiger partial charge in [0, 0.05) is 43.2 Å². The van der Waals surface area contributed by atoms with E-state index in [0.29, 0.717) is 18.5 Å². The van der Waals surface area contributed by atoms with Gasteiger partial charge < -0.3 is 9.80 Å². The molecule has 2 aliphatic heterocycles. The first-order valence-electron chi connectivity index (χ1n) is 12.7. The molecule has 4 fully saturated rings. The highest BCUT2D eigenvalue weighted by Gasteiger charge is 2.80. The van der Waals surface area contributed by atoms with Crippen LogP contribution in [0.4, 0.5) is 0 Å². The fourth-order valence-electron chi connectivity index (χ4n) is 6.78. The van der Waals surface area contributed by atoms with E-state index in [4.69, 9.17) is 0 Å². The molecule has 7 heteroatoms. The fourth-order valence-corrected chi connectivity index (χ4v) is 8.10. The first-order chi connectivity index (χ1) is 16.2. The van der Waals surface area contributed by atoms with Crippen molar-refractivity contribution in [3.63, 3.8) is 0 Å². The average Bonchev–Trinajstić information content (AvgIpc) is 3.71. The highest BCUT2D eigenvalue weighted by atomic mass is 32.2. The molecule has 6 nitrogen and oxygen atoms in total. The van der Waals surface area contributed by atoms with Crippen molar-refractivity contribution in [1.29, 1.82) is 0 Å². The lowest BCUT2D eigenvalue weighted by molar-refractivity contribution is -0.135. The highest BCUT2D eigenvalue weighted by molar-refractivity contribution is 7.89. The molecular formula is C27H35N3O3S. The molecule has 1 N–H and O–H groups in total. The van der Waals surface area contributed by atoms with Gasteiger partial charge in [-0.3, -0.25) is 4.79 Å². The van der Waals surface area contributed by atoms with Gasteiger partial charge in [-0.2, -0.15) is 0 Å². The van der Waals surface area contributed by atoms with Gasteiger partial charge in [0.15, 0.2) is 0 Å².